The number of nitrogens with two attached hydrogens (primary N) is 1. The van der Waals surface area contributed by atoms with E-state index < -0.39 is 5.91 Å². The van der Waals surface area contributed by atoms with Crippen LogP contribution in [0.1, 0.15) is 36.7 Å². The fourth-order valence-electron chi connectivity index (χ4n) is 1.24. The van der Waals surface area contributed by atoms with Crippen molar-refractivity contribution in [1.29, 1.82) is 0 Å². The Bertz CT molecular complexity index is 326. The van der Waals surface area contributed by atoms with Gasteiger partial charge in [0.05, 0.1) is 5.56 Å². The van der Waals surface area contributed by atoms with Gasteiger partial charge in [0, 0.05) is 12.4 Å². The molecule has 0 aliphatic carbocycles. The van der Waals surface area contributed by atoms with Gasteiger partial charge in [0.1, 0.15) is 0 Å². The summed E-state index contributed by atoms with van der Waals surface area (Å²) in [4.78, 5) is 14.9. The number of hydrogen-bond donors (Lipinski definition) is 1. The number of carbonyl (C=O) groups excluding carboxylic acids is 1. The molecule has 0 unspecified atom stereocenters. The topological polar surface area (TPSA) is 56.0 Å². The van der Waals surface area contributed by atoms with Crippen molar-refractivity contribution in [2.75, 3.05) is 0 Å². The molecule has 1 aromatic heterocycles. The molecule has 0 saturated heterocycles. The molecule has 0 spiro atoms. The van der Waals surface area contributed by atoms with Crippen LogP contribution in [0.3, 0.4) is 0 Å². The molecule has 13 heavy (non-hydrogen) atoms. The normalized spacial score (nSPS) is 11.3. The van der Waals surface area contributed by atoms with Crippen molar-refractivity contribution in [3.8, 4) is 0 Å². The number of primary amides is 1. The molecule has 0 fully saturated rings. The first-order valence-electron chi connectivity index (χ1n) is 4.17. The average Bonchev–Trinajstić information content (AvgIpc) is 2.03. The minimum absolute atomic E-state index is 0.0761. The van der Waals surface area contributed by atoms with Gasteiger partial charge in [-0.1, -0.05) is 20.8 Å². The van der Waals surface area contributed by atoms with Gasteiger partial charge in [0.25, 0.3) is 5.91 Å². The minimum Gasteiger partial charge on any atom is -0.366 e. The number of nitrogens with zero attached hydrogens (tertiary/aromatic N) is 1. The van der Waals surface area contributed by atoms with Gasteiger partial charge in [-0.2, -0.15) is 0 Å². The zero-order chi connectivity index (χ0) is 10.1. The number of pyridine rings is 1. The number of amides is 1. The fourth-order valence-corrected chi connectivity index (χ4v) is 1.24. The van der Waals surface area contributed by atoms with Gasteiger partial charge >= 0.3 is 0 Å². The van der Waals surface area contributed by atoms with Crippen molar-refractivity contribution in [3.05, 3.63) is 29.6 Å². The molecule has 1 amide bonds. The molecule has 0 bridgehead atoms. The maximum absolute atomic E-state index is 11.1. The second kappa shape index (κ2) is 3.17. The number of hydrogen-bond acceptors (Lipinski definition) is 2. The summed E-state index contributed by atoms with van der Waals surface area (Å²) in [7, 11) is 0. The third-order valence-electron chi connectivity index (χ3n) is 1.89. The molecule has 1 heterocycles. The van der Waals surface area contributed by atoms with Gasteiger partial charge in [0.15, 0.2) is 0 Å². The van der Waals surface area contributed by atoms with Crippen LogP contribution in [0.4, 0.5) is 0 Å². The van der Waals surface area contributed by atoms with Gasteiger partial charge in [-0.15, -0.1) is 0 Å². The van der Waals surface area contributed by atoms with E-state index in [1.165, 1.54) is 6.20 Å². The van der Waals surface area contributed by atoms with Crippen LogP contribution in [0.25, 0.3) is 0 Å². The molecule has 1 aromatic rings. The first-order valence-corrected chi connectivity index (χ1v) is 4.17. The van der Waals surface area contributed by atoms with Crippen molar-refractivity contribution in [3.63, 3.8) is 0 Å². The summed E-state index contributed by atoms with van der Waals surface area (Å²) in [5.74, 6) is -0.418. The molecular formula is C10H14N2O. The van der Waals surface area contributed by atoms with E-state index in [0.717, 1.165) is 5.56 Å². The van der Waals surface area contributed by atoms with Crippen molar-refractivity contribution in [2.24, 2.45) is 5.73 Å². The van der Waals surface area contributed by atoms with E-state index in [1.54, 1.807) is 6.20 Å². The first kappa shape index (κ1) is 9.71. The lowest BCUT2D eigenvalue weighted by Crippen LogP contribution is -2.21. The van der Waals surface area contributed by atoms with Crippen LogP contribution < -0.4 is 5.73 Å². The van der Waals surface area contributed by atoms with E-state index in [4.69, 9.17) is 5.73 Å². The molecular weight excluding hydrogens is 164 g/mol. The summed E-state index contributed by atoms with van der Waals surface area (Å²) in [6.45, 7) is 6.11. The van der Waals surface area contributed by atoms with Crippen LogP contribution in [0, 0.1) is 0 Å². The largest absolute Gasteiger partial charge is 0.366 e. The van der Waals surface area contributed by atoms with Crippen LogP contribution >= 0.6 is 0 Å². The van der Waals surface area contributed by atoms with Crippen LogP contribution in [-0.2, 0) is 5.41 Å². The molecule has 0 atom stereocenters. The standard InChI is InChI=1S/C10H14N2O/c1-10(2,3)8-4-5-12-6-7(8)9(11)13/h4-6H,1-3H3,(H2,11,13). The van der Waals surface area contributed by atoms with E-state index in [-0.39, 0.29) is 5.41 Å². The Kier molecular flexibility index (Phi) is 2.36. The second-order valence-electron chi connectivity index (χ2n) is 4.04. The van der Waals surface area contributed by atoms with E-state index in [9.17, 15) is 4.79 Å². The Morgan fingerprint density at radius 1 is 1.46 bits per heavy atom. The highest BCUT2D eigenvalue weighted by molar-refractivity contribution is 5.94. The number of rotatable bonds is 1. The van der Waals surface area contributed by atoms with Gasteiger partial charge in [-0.25, -0.2) is 0 Å². The van der Waals surface area contributed by atoms with Gasteiger partial charge in [-0.3, -0.25) is 9.78 Å². The Balaban J connectivity index is 3.28. The Hall–Kier alpha value is -1.38. The van der Waals surface area contributed by atoms with Crippen LogP contribution in [0.5, 0.6) is 0 Å². The van der Waals surface area contributed by atoms with Crippen molar-refractivity contribution in [2.45, 2.75) is 26.2 Å². The van der Waals surface area contributed by atoms with E-state index in [2.05, 4.69) is 4.98 Å². The first-order chi connectivity index (χ1) is 5.93. The summed E-state index contributed by atoms with van der Waals surface area (Å²) in [5.41, 5.74) is 6.61. The van der Waals surface area contributed by atoms with Crippen molar-refractivity contribution in [1.82, 2.24) is 4.98 Å². The lowest BCUT2D eigenvalue weighted by molar-refractivity contribution is 0.0998. The van der Waals surface area contributed by atoms with Crippen LogP contribution in [0.15, 0.2) is 18.5 Å². The molecule has 70 valence electrons. The third kappa shape index (κ3) is 2.05. The van der Waals surface area contributed by atoms with Gasteiger partial charge < -0.3 is 5.73 Å². The second-order valence-corrected chi connectivity index (χ2v) is 4.04. The van der Waals surface area contributed by atoms with E-state index >= 15 is 0 Å². The fraction of sp³-hybridized carbons (Fsp3) is 0.400. The predicted molar refractivity (Wildman–Crippen MR) is 51.5 cm³/mol. The minimum atomic E-state index is -0.418. The quantitative estimate of drug-likeness (QED) is 0.708. The Morgan fingerprint density at radius 3 is 2.46 bits per heavy atom. The summed E-state index contributed by atoms with van der Waals surface area (Å²) in [5, 5.41) is 0. The monoisotopic (exact) mass is 178 g/mol. The highest BCUT2D eigenvalue weighted by Gasteiger charge is 2.19. The maximum atomic E-state index is 11.1. The van der Waals surface area contributed by atoms with Gasteiger partial charge in [0.2, 0.25) is 0 Å². The van der Waals surface area contributed by atoms with E-state index in [1.807, 2.05) is 26.8 Å². The lowest BCUT2D eigenvalue weighted by atomic mass is 9.84. The SMILES string of the molecule is CC(C)(C)c1ccncc1C(N)=O. The highest BCUT2D eigenvalue weighted by Crippen LogP contribution is 2.24. The molecule has 2 N–H and O–H groups in total. The van der Waals surface area contributed by atoms with Crippen LogP contribution in [0.2, 0.25) is 0 Å². The molecule has 0 radical (unpaired) electrons. The molecule has 0 aromatic carbocycles. The molecule has 0 aliphatic heterocycles. The van der Waals surface area contributed by atoms with E-state index in [0.29, 0.717) is 5.56 Å². The number of carbonyl (C=O) groups is 1. The maximum Gasteiger partial charge on any atom is 0.250 e. The zero-order valence-electron chi connectivity index (χ0n) is 8.16. The Morgan fingerprint density at radius 2 is 2.08 bits per heavy atom. The Labute approximate surface area is 78.0 Å². The average molecular weight is 178 g/mol. The molecule has 3 nitrogen and oxygen atoms in total. The summed E-state index contributed by atoms with van der Waals surface area (Å²) < 4.78 is 0. The van der Waals surface area contributed by atoms with Crippen LogP contribution in [-0.4, -0.2) is 10.9 Å². The predicted octanol–water partition coefficient (Wildman–Crippen LogP) is 1.48. The van der Waals surface area contributed by atoms with Crippen molar-refractivity contribution < 1.29 is 4.79 Å². The summed E-state index contributed by atoms with van der Waals surface area (Å²) >= 11 is 0. The molecule has 1 rings (SSSR count). The van der Waals surface area contributed by atoms with Crippen molar-refractivity contribution >= 4 is 5.91 Å². The summed E-state index contributed by atoms with van der Waals surface area (Å²) in [6, 6.07) is 1.83. The molecule has 0 saturated carbocycles. The number of aromatic nitrogens is 1. The third-order valence-corrected chi connectivity index (χ3v) is 1.89. The lowest BCUT2D eigenvalue weighted by Gasteiger charge is -2.20. The smallest absolute Gasteiger partial charge is 0.250 e. The van der Waals surface area contributed by atoms with Gasteiger partial charge in [-0.05, 0) is 17.0 Å². The zero-order valence-corrected chi connectivity index (χ0v) is 8.16. The molecule has 0 aliphatic rings. The summed E-state index contributed by atoms with van der Waals surface area (Å²) in [6.07, 6.45) is 3.19. The highest BCUT2D eigenvalue weighted by atomic mass is 16.1. The molecule has 3 heteroatoms.